The first-order valence-corrected chi connectivity index (χ1v) is 7.84. The van der Waals surface area contributed by atoms with E-state index in [-0.39, 0.29) is 5.91 Å². The molecular formula is C14H20N2O4S. The van der Waals surface area contributed by atoms with E-state index >= 15 is 0 Å². The number of methoxy groups -OCH3 is 1. The van der Waals surface area contributed by atoms with Gasteiger partial charge >= 0.3 is 5.97 Å². The first kappa shape index (κ1) is 15.9. The highest BCUT2D eigenvalue weighted by Crippen LogP contribution is 2.34. The quantitative estimate of drug-likeness (QED) is 0.901. The molecule has 0 saturated heterocycles. The molecule has 21 heavy (non-hydrogen) atoms. The topological polar surface area (TPSA) is 79.7 Å². The van der Waals surface area contributed by atoms with Crippen LogP contribution in [0.2, 0.25) is 0 Å². The standard InChI is InChI=1S/C14H20N2O4S/c1-16(14(13(18)19)6-4-3-5-7-14)12(17)10-9-21-11(15-10)8-20-2/h9H,3-8H2,1-2H3,(H,18,19). The van der Waals surface area contributed by atoms with Gasteiger partial charge in [0.1, 0.15) is 16.2 Å². The van der Waals surface area contributed by atoms with Gasteiger partial charge in [0.05, 0.1) is 6.61 Å². The van der Waals surface area contributed by atoms with E-state index in [0.717, 1.165) is 19.3 Å². The van der Waals surface area contributed by atoms with Gasteiger partial charge in [0, 0.05) is 19.5 Å². The zero-order chi connectivity index (χ0) is 15.5. The summed E-state index contributed by atoms with van der Waals surface area (Å²) >= 11 is 1.34. The summed E-state index contributed by atoms with van der Waals surface area (Å²) in [4.78, 5) is 29.8. The molecule has 116 valence electrons. The first-order valence-electron chi connectivity index (χ1n) is 6.96. The number of likely N-dealkylation sites (N-methyl/N-ethyl adjacent to an activating group) is 1. The number of carbonyl (C=O) groups excluding carboxylic acids is 1. The van der Waals surface area contributed by atoms with Crippen molar-refractivity contribution in [2.24, 2.45) is 0 Å². The lowest BCUT2D eigenvalue weighted by atomic mass is 9.80. The van der Waals surface area contributed by atoms with Crippen LogP contribution in [0.5, 0.6) is 0 Å². The van der Waals surface area contributed by atoms with E-state index in [9.17, 15) is 14.7 Å². The van der Waals surface area contributed by atoms with Crippen molar-refractivity contribution in [3.63, 3.8) is 0 Å². The SMILES string of the molecule is COCc1nc(C(=O)N(C)C2(C(=O)O)CCCCC2)cs1. The first-order chi connectivity index (χ1) is 10.0. The summed E-state index contributed by atoms with van der Waals surface area (Å²) < 4.78 is 4.98. The average Bonchev–Trinajstić information content (AvgIpc) is 2.95. The van der Waals surface area contributed by atoms with Crippen LogP contribution in [-0.2, 0) is 16.1 Å². The molecule has 1 aromatic rings. The number of amides is 1. The van der Waals surface area contributed by atoms with Crippen LogP contribution in [0.25, 0.3) is 0 Å². The molecular weight excluding hydrogens is 292 g/mol. The number of carboxylic acid groups (broad SMARTS) is 1. The Morgan fingerprint density at radius 1 is 1.43 bits per heavy atom. The molecule has 1 aromatic heterocycles. The van der Waals surface area contributed by atoms with Crippen LogP contribution in [-0.4, -0.2) is 46.6 Å². The minimum atomic E-state index is -1.10. The van der Waals surface area contributed by atoms with Gasteiger partial charge in [-0.25, -0.2) is 9.78 Å². The Hall–Kier alpha value is -1.47. The molecule has 0 spiro atoms. The smallest absolute Gasteiger partial charge is 0.329 e. The molecule has 1 amide bonds. The number of carboxylic acids is 1. The van der Waals surface area contributed by atoms with Crippen LogP contribution >= 0.6 is 11.3 Å². The summed E-state index contributed by atoms with van der Waals surface area (Å²) in [6, 6.07) is 0. The highest BCUT2D eigenvalue weighted by Gasteiger charge is 2.45. The number of thiazole rings is 1. The number of rotatable bonds is 5. The summed E-state index contributed by atoms with van der Waals surface area (Å²) in [6.07, 6.45) is 3.68. The summed E-state index contributed by atoms with van der Waals surface area (Å²) in [5, 5.41) is 12.0. The molecule has 0 bridgehead atoms. The van der Waals surface area contributed by atoms with Crippen LogP contribution in [0.1, 0.15) is 47.6 Å². The van der Waals surface area contributed by atoms with Crippen LogP contribution < -0.4 is 0 Å². The minimum absolute atomic E-state index is 0.292. The third-order valence-corrected chi connectivity index (χ3v) is 4.89. The second-order valence-corrected chi connectivity index (χ2v) is 6.26. The van der Waals surface area contributed by atoms with Gasteiger partial charge in [0.25, 0.3) is 5.91 Å². The Balaban J connectivity index is 2.21. The number of aliphatic carboxylic acids is 1. The Morgan fingerprint density at radius 2 is 2.10 bits per heavy atom. The number of hydrogen-bond acceptors (Lipinski definition) is 5. The van der Waals surface area contributed by atoms with Crippen LogP contribution in [0.15, 0.2) is 5.38 Å². The molecule has 1 fully saturated rings. The number of carbonyl (C=O) groups is 2. The maximum Gasteiger partial charge on any atom is 0.329 e. The molecule has 1 N–H and O–H groups in total. The fraction of sp³-hybridized carbons (Fsp3) is 0.643. The third kappa shape index (κ3) is 3.08. The third-order valence-electron chi connectivity index (χ3n) is 4.06. The molecule has 0 radical (unpaired) electrons. The summed E-state index contributed by atoms with van der Waals surface area (Å²) in [6.45, 7) is 0.353. The Morgan fingerprint density at radius 3 is 2.67 bits per heavy atom. The predicted molar refractivity (Wildman–Crippen MR) is 78.4 cm³/mol. The Labute approximate surface area is 127 Å². The maximum absolute atomic E-state index is 12.5. The number of aromatic nitrogens is 1. The van der Waals surface area contributed by atoms with E-state index in [2.05, 4.69) is 4.98 Å². The van der Waals surface area contributed by atoms with Gasteiger partial charge in [-0.1, -0.05) is 19.3 Å². The fourth-order valence-electron chi connectivity index (χ4n) is 2.79. The largest absolute Gasteiger partial charge is 0.479 e. The molecule has 0 aromatic carbocycles. The van der Waals surface area contributed by atoms with E-state index in [4.69, 9.17) is 4.74 Å². The van der Waals surface area contributed by atoms with E-state index in [0.29, 0.717) is 30.2 Å². The van der Waals surface area contributed by atoms with Crippen molar-refractivity contribution in [1.29, 1.82) is 0 Å². The van der Waals surface area contributed by atoms with E-state index < -0.39 is 11.5 Å². The fourth-order valence-corrected chi connectivity index (χ4v) is 3.53. The molecule has 0 unspecified atom stereocenters. The predicted octanol–water partition coefficient (Wildman–Crippen LogP) is 2.15. The second-order valence-electron chi connectivity index (χ2n) is 5.32. The minimum Gasteiger partial charge on any atom is -0.479 e. The van der Waals surface area contributed by atoms with Gasteiger partial charge in [-0.2, -0.15) is 0 Å². The van der Waals surface area contributed by atoms with Crippen molar-refractivity contribution in [3.8, 4) is 0 Å². The Bertz CT molecular complexity index is 523. The summed E-state index contributed by atoms with van der Waals surface area (Å²) in [5.41, 5.74) is -0.804. The molecule has 1 saturated carbocycles. The molecule has 2 rings (SSSR count). The zero-order valence-corrected chi connectivity index (χ0v) is 13.1. The normalized spacial score (nSPS) is 17.4. The summed E-state index contributed by atoms with van der Waals surface area (Å²) in [7, 11) is 3.13. The van der Waals surface area contributed by atoms with Gasteiger partial charge in [-0.05, 0) is 12.8 Å². The van der Waals surface area contributed by atoms with Gasteiger partial charge < -0.3 is 14.7 Å². The lowest BCUT2D eigenvalue weighted by Crippen LogP contribution is -2.56. The number of hydrogen-bond donors (Lipinski definition) is 1. The van der Waals surface area contributed by atoms with Gasteiger partial charge in [0.2, 0.25) is 0 Å². The van der Waals surface area contributed by atoms with E-state index in [1.54, 1.807) is 19.5 Å². The number of ether oxygens (including phenoxy) is 1. The van der Waals surface area contributed by atoms with Crippen LogP contribution in [0.3, 0.4) is 0 Å². The van der Waals surface area contributed by atoms with Gasteiger partial charge in [0.15, 0.2) is 0 Å². The molecule has 6 nitrogen and oxygen atoms in total. The van der Waals surface area contributed by atoms with Crippen molar-refractivity contribution in [1.82, 2.24) is 9.88 Å². The van der Waals surface area contributed by atoms with Gasteiger partial charge in [-0.3, -0.25) is 4.79 Å². The second kappa shape index (κ2) is 6.53. The lowest BCUT2D eigenvalue weighted by molar-refractivity contribution is -0.151. The van der Waals surface area contributed by atoms with Crippen LogP contribution in [0, 0.1) is 0 Å². The summed E-state index contributed by atoms with van der Waals surface area (Å²) in [5.74, 6) is -1.26. The van der Waals surface area contributed by atoms with Crippen molar-refractivity contribution in [2.45, 2.75) is 44.2 Å². The monoisotopic (exact) mass is 312 g/mol. The van der Waals surface area contributed by atoms with E-state index in [1.165, 1.54) is 16.2 Å². The molecule has 1 aliphatic rings. The van der Waals surface area contributed by atoms with Crippen molar-refractivity contribution < 1.29 is 19.4 Å². The van der Waals surface area contributed by atoms with Crippen LogP contribution in [0.4, 0.5) is 0 Å². The maximum atomic E-state index is 12.5. The Kier molecular flexibility index (Phi) is 4.95. The number of nitrogens with zero attached hydrogens (tertiary/aromatic N) is 2. The van der Waals surface area contributed by atoms with Crippen molar-refractivity contribution >= 4 is 23.2 Å². The molecule has 0 atom stereocenters. The average molecular weight is 312 g/mol. The van der Waals surface area contributed by atoms with Crippen molar-refractivity contribution in [2.75, 3.05) is 14.2 Å². The highest BCUT2D eigenvalue weighted by atomic mass is 32.1. The molecule has 1 heterocycles. The highest BCUT2D eigenvalue weighted by molar-refractivity contribution is 7.09. The van der Waals surface area contributed by atoms with E-state index in [1.807, 2.05) is 0 Å². The molecule has 0 aliphatic heterocycles. The van der Waals surface area contributed by atoms with Crippen molar-refractivity contribution in [3.05, 3.63) is 16.1 Å². The lowest BCUT2D eigenvalue weighted by Gasteiger charge is -2.40. The molecule has 7 heteroatoms. The van der Waals surface area contributed by atoms with Gasteiger partial charge in [-0.15, -0.1) is 11.3 Å². The molecule has 1 aliphatic carbocycles. The zero-order valence-electron chi connectivity index (χ0n) is 12.3.